The van der Waals surface area contributed by atoms with E-state index in [1.54, 1.807) is 14.2 Å². The number of rotatable bonds is 8. The highest BCUT2D eigenvalue weighted by Gasteiger charge is 2.26. The lowest BCUT2D eigenvalue weighted by atomic mass is 9.98. The van der Waals surface area contributed by atoms with Crippen LogP contribution in [0.15, 0.2) is 0 Å². The Morgan fingerprint density at radius 1 is 1.47 bits per heavy atom. The average molecular weight is 248 g/mol. The number of aliphatic hydroxyl groups is 2. The molecule has 0 saturated heterocycles. The van der Waals surface area contributed by atoms with Gasteiger partial charge in [0.05, 0.1) is 24.4 Å². The lowest BCUT2D eigenvalue weighted by Gasteiger charge is -2.27. The maximum atomic E-state index is 11.8. The van der Waals surface area contributed by atoms with E-state index in [1.807, 2.05) is 13.8 Å². The van der Waals surface area contributed by atoms with Gasteiger partial charge >= 0.3 is 0 Å². The first-order chi connectivity index (χ1) is 7.86. The third-order valence-corrected chi connectivity index (χ3v) is 2.64. The maximum absolute atomic E-state index is 11.8. The number of nitrogens with one attached hydrogen (secondary N) is 2. The summed E-state index contributed by atoms with van der Waals surface area (Å²) in [4.78, 5) is 11.8. The fraction of sp³-hybridized carbons (Fsp3) is 0.909. The van der Waals surface area contributed by atoms with E-state index in [-0.39, 0.29) is 19.1 Å². The highest BCUT2D eigenvalue weighted by molar-refractivity contribution is 5.81. The van der Waals surface area contributed by atoms with Crippen LogP contribution in [0, 0.1) is 0 Å². The molecule has 0 radical (unpaired) electrons. The van der Waals surface area contributed by atoms with Crippen LogP contribution < -0.4 is 10.6 Å². The van der Waals surface area contributed by atoms with Crippen molar-refractivity contribution in [1.29, 1.82) is 0 Å². The van der Waals surface area contributed by atoms with Gasteiger partial charge in [-0.15, -0.1) is 0 Å². The highest BCUT2D eigenvalue weighted by atomic mass is 16.5. The molecule has 6 heteroatoms. The van der Waals surface area contributed by atoms with Crippen molar-refractivity contribution in [3.05, 3.63) is 0 Å². The molecule has 1 unspecified atom stereocenters. The molecular formula is C11H24N2O4. The van der Waals surface area contributed by atoms with Crippen LogP contribution in [-0.2, 0) is 9.53 Å². The summed E-state index contributed by atoms with van der Waals surface area (Å²) in [7, 11) is 3.29. The molecule has 4 N–H and O–H groups in total. The summed E-state index contributed by atoms with van der Waals surface area (Å²) in [5.41, 5.74) is -0.402. The molecule has 0 rings (SSSR count). The first kappa shape index (κ1) is 16.3. The molecule has 17 heavy (non-hydrogen) atoms. The molecule has 0 spiro atoms. The summed E-state index contributed by atoms with van der Waals surface area (Å²) in [5, 5.41) is 23.2. The number of amides is 1. The van der Waals surface area contributed by atoms with E-state index in [1.165, 1.54) is 0 Å². The van der Waals surface area contributed by atoms with Gasteiger partial charge in [-0.3, -0.25) is 4.79 Å². The van der Waals surface area contributed by atoms with Gasteiger partial charge in [0, 0.05) is 20.1 Å². The van der Waals surface area contributed by atoms with E-state index < -0.39 is 17.7 Å². The molecule has 0 aliphatic carbocycles. The zero-order valence-corrected chi connectivity index (χ0v) is 11.0. The van der Waals surface area contributed by atoms with Gasteiger partial charge in [0.25, 0.3) is 0 Å². The van der Waals surface area contributed by atoms with E-state index in [0.717, 1.165) is 0 Å². The monoisotopic (exact) mass is 248 g/mol. The normalized spacial score (nSPS) is 15.4. The zero-order valence-electron chi connectivity index (χ0n) is 11.0. The van der Waals surface area contributed by atoms with Crippen molar-refractivity contribution in [3.63, 3.8) is 0 Å². The van der Waals surface area contributed by atoms with E-state index in [4.69, 9.17) is 14.9 Å². The van der Waals surface area contributed by atoms with Gasteiger partial charge in [0.2, 0.25) is 5.91 Å². The summed E-state index contributed by atoms with van der Waals surface area (Å²) >= 11 is 0. The minimum absolute atomic E-state index is 0.0426. The Bertz CT molecular complexity index is 234. The lowest BCUT2D eigenvalue weighted by Crippen LogP contribution is -2.48. The largest absolute Gasteiger partial charge is 0.394 e. The number of methoxy groups -OCH3 is 1. The van der Waals surface area contributed by atoms with Crippen LogP contribution in [0.5, 0.6) is 0 Å². The summed E-state index contributed by atoms with van der Waals surface area (Å²) in [6, 6.07) is -0.393. The van der Waals surface area contributed by atoms with Crippen LogP contribution in [-0.4, -0.2) is 61.2 Å². The van der Waals surface area contributed by atoms with Gasteiger partial charge in [-0.1, -0.05) is 0 Å². The molecular weight excluding hydrogens is 224 g/mol. The number of carbonyl (C=O) groups excluding carboxylic acids is 1. The van der Waals surface area contributed by atoms with Gasteiger partial charge < -0.3 is 25.6 Å². The molecule has 0 aromatic rings. The minimum Gasteiger partial charge on any atom is -0.394 e. The van der Waals surface area contributed by atoms with Crippen molar-refractivity contribution >= 4 is 5.91 Å². The second kappa shape index (κ2) is 7.60. The molecule has 2 atom stereocenters. The Kier molecular flexibility index (Phi) is 7.29. The second-order valence-corrected chi connectivity index (χ2v) is 4.59. The Hall–Kier alpha value is -0.690. The van der Waals surface area contributed by atoms with Gasteiger partial charge in [-0.2, -0.15) is 0 Å². The quantitative estimate of drug-likeness (QED) is 0.436. The highest BCUT2D eigenvalue weighted by Crippen LogP contribution is 2.15. The van der Waals surface area contributed by atoms with Crippen molar-refractivity contribution in [2.45, 2.75) is 38.0 Å². The molecule has 0 heterocycles. The number of hydrogen-bond donors (Lipinski definition) is 4. The van der Waals surface area contributed by atoms with Crippen LogP contribution in [0.3, 0.4) is 0 Å². The number of aliphatic hydroxyl groups excluding tert-OH is 2. The van der Waals surface area contributed by atoms with Crippen molar-refractivity contribution in [2.75, 3.05) is 27.3 Å². The Morgan fingerprint density at radius 3 is 2.47 bits per heavy atom. The molecule has 0 aliphatic rings. The molecule has 6 nitrogen and oxygen atoms in total. The van der Waals surface area contributed by atoms with Crippen molar-refractivity contribution in [2.24, 2.45) is 0 Å². The van der Waals surface area contributed by atoms with Gasteiger partial charge in [-0.25, -0.2) is 0 Å². The molecule has 0 aromatic heterocycles. The van der Waals surface area contributed by atoms with Crippen LogP contribution in [0.4, 0.5) is 0 Å². The molecule has 0 bridgehead atoms. The summed E-state index contributed by atoms with van der Waals surface area (Å²) in [5.74, 6) is -0.217. The first-order valence-corrected chi connectivity index (χ1v) is 5.65. The molecule has 1 amide bonds. The third kappa shape index (κ3) is 6.58. The van der Waals surface area contributed by atoms with Crippen molar-refractivity contribution in [3.8, 4) is 0 Å². The first-order valence-electron chi connectivity index (χ1n) is 5.65. The van der Waals surface area contributed by atoms with Crippen molar-refractivity contribution < 1.29 is 19.7 Å². The smallest absolute Gasteiger partial charge is 0.237 e. The van der Waals surface area contributed by atoms with E-state index >= 15 is 0 Å². The predicted octanol–water partition coefficient (Wildman–Crippen LogP) is -1.14. The standard InChI is InChI=1S/C11H24N2O4/c1-11(2,17-4)5-9(12-3)10(16)13-6-8(15)7-14/h8-9,12,14-15H,5-7H2,1-4H3,(H,13,16)/t8?,9-/m0/s1. The molecule has 0 fully saturated rings. The summed E-state index contributed by atoms with van der Waals surface area (Å²) in [6.07, 6.45) is -0.409. The third-order valence-electron chi connectivity index (χ3n) is 2.64. The average Bonchev–Trinajstić information content (AvgIpc) is 2.32. The van der Waals surface area contributed by atoms with E-state index in [9.17, 15) is 4.79 Å². The van der Waals surface area contributed by atoms with E-state index in [0.29, 0.717) is 6.42 Å². The molecule has 0 aliphatic heterocycles. The predicted molar refractivity (Wildman–Crippen MR) is 64.7 cm³/mol. The van der Waals surface area contributed by atoms with Crippen molar-refractivity contribution in [1.82, 2.24) is 10.6 Å². The summed E-state index contributed by atoms with van der Waals surface area (Å²) < 4.78 is 5.26. The lowest BCUT2D eigenvalue weighted by molar-refractivity contribution is -0.125. The van der Waals surface area contributed by atoms with Gasteiger partial charge in [-0.05, 0) is 20.9 Å². The minimum atomic E-state index is -0.924. The summed E-state index contributed by atoms with van der Waals surface area (Å²) in [6.45, 7) is 3.47. The topological polar surface area (TPSA) is 90.8 Å². The van der Waals surface area contributed by atoms with E-state index in [2.05, 4.69) is 10.6 Å². The maximum Gasteiger partial charge on any atom is 0.237 e. The molecule has 102 valence electrons. The van der Waals surface area contributed by atoms with Gasteiger partial charge in [0.1, 0.15) is 0 Å². The van der Waals surface area contributed by atoms with Gasteiger partial charge in [0.15, 0.2) is 0 Å². The Labute approximate surface area is 102 Å². The fourth-order valence-electron chi connectivity index (χ4n) is 1.31. The van der Waals surface area contributed by atoms with Crippen LogP contribution in [0.2, 0.25) is 0 Å². The van der Waals surface area contributed by atoms with Crippen LogP contribution >= 0.6 is 0 Å². The zero-order chi connectivity index (χ0) is 13.5. The SMILES string of the molecule is CN[C@@H](CC(C)(C)OC)C(=O)NCC(O)CO. The number of carbonyl (C=O) groups is 1. The van der Waals surface area contributed by atoms with Crippen LogP contribution in [0.25, 0.3) is 0 Å². The Balaban J connectivity index is 4.22. The number of likely N-dealkylation sites (N-methyl/N-ethyl adjacent to an activating group) is 1. The second-order valence-electron chi connectivity index (χ2n) is 4.59. The fourth-order valence-corrected chi connectivity index (χ4v) is 1.31. The molecule has 0 saturated carbocycles. The Morgan fingerprint density at radius 2 is 2.06 bits per heavy atom. The number of ether oxygens (including phenoxy) is 1. The molecule has 0 aromatic carbocycles. The number of hydrogen-bond acceptors (Lipinski definition) is 5. The van der Waals surface area contributed by atoms with Crippen LogP contribution in [0.1, 0.15) is 20.3 Å².